The molecule has 1 rings (SSSR count). The zero-order valence-electron chi connectivity index (χ0n) is 7.27. The molecule has 0 bridgehead atoms. The van der Waals surface area contributed by atoms with E-state index < -0.39 is 6.23 Å². The molecular weight excluding hydrogens is 168 g/mol. The molecule has 1 unspecified atom stereocenters. The molecule has 0 aliphatic carbocycles. The molecule has 0 heterocycles. The third-order valence-electron chi connectivity index (χ3n) is 1.87. The topological polar surface area (TPSA) is 92.5 Å². The average molecular weight is 182 g/mol. The van der Waals surface area contributed by atoms with Crippen LogP contribution in [-0.2, 0) is 6.42 Å². The van der Waals surface area contributed by atoms with Crippen LogP contribution < -0.4 is 11.5 Å². The maximum absolute atomic E-state index is 9.18. The van der Waals surface area contributed by atoms with Gasteiger partial charge in [-0.1, -0.05) is 6.07 Å². The van der Waals surface area contributed by atoms with E-state index in [2.05, 4.69) is 0 Å². The Kier molecular flexibility index (Phi) is 3.25. The third kappa shape index (κ3) is 2.42. The zero-order chi connectivity index (χ0) is 9.84. The van der Waals surface area contributed by atoms with Gasteiger partial charge in [-0.05, 0) is 29.7 Å². The highest BCUT2D eigenvalue weighted by molar-refractivity contribution is 5.45. The van der Waals surface area contributed by atoms with Crippen molar-refractivity contribution in [1.29, 1.82) is 0 Å². The highest BCUT2D eigenvalue weighted by Crippen LogP contribution is 2.18. The normalized spacial score (nSPS) is 12.8. The van der Waals surface area contributed by atoms with Crippen LogP contribution >= 0.6 is 0 Å². The third-order valence-corrected chi connectivity index (χ3v) is 1.87. The molecule has 0 spiro atoms. The molecule has 1 atom stereocenters. The number of hydrogen-bond acceptors (Lipinski definition) is 4. The number of anilines is 1. The summed E-state index contributed by atoms with van der Waals surface area (Å²) in [5.41, 5.74) is 12.9. The van der Waals surface area contributed by atoms with Crippen molar-refractivity contribution in [2.45, 2.75) is 12.6 Å². The number of nitrogen functional groups attached to an aromatic ring is 1. The summed E-state index contributed by atoms with van der Waals surface area (Å²) in [5.74, 6) is 0. The van der Waals surface area contributed by atoms with Crippen LogP contribution in [-0.4, -0.2) is 16.8 Å². The van der Waals surface area contributed by atoms with Crippen molar-refractivity contribution >= 4 is 5.69 Å². The van der Waals surface area contributed by atoms with Gasteiger partial charge in [0.15, 0.2) is 0 Å². The predicted octanol–water partition coefficient (Wildman–Crippen LogP) is -0.247. The number of rotatable bonds is 3. The van der Waals surface area contributed by atoms with Gasteiger partial charge in [-0.15, -0.1) is 0 Å². The summed E-state index contributed by atoms with van der Waals surface area (Å²) < 4.78 is 0. The first kappa shape index (κ1) is 9.98. The molecule has 72 valence electrons. The van der Waals surface area contributed by atoms with Gasteiger partial charge in [-0.2, -0.15) is 0 Å². The van der Waals surface area contributed by atoms with Gasteiger partial charge in [0.05, 0.1) is 0 Å². The molecule has 13 heavy (non-hydrogen) atoms. The van der Waals surface area contributed by atoms with Crippen molar-refractivity contribution in [2.24, 2.45) is 5.73 Å². The highest BCUT2D eigenvalue weighted by Gasteiger charge is 2.07. The Morgan fingerprint density at radius 3 is 2.62 bits per heavy atom. The van der Waals surface area contributed by atoms with Gasteiger partial charge in [0.1, 0.15) is 6.23 Å². The summed E-state index contributed by atoms with van der Waals surface area (Å²) in [6.07, 6.45) is -0.559. The molecule has 6 N–H and O–H groups in total. The molecule has 0 amide bonds. The van der Waals surface area contributed by atoms with E-state index in [1.54, 1.807) is 18.2 Å². The first-order chi connectivity index (χ1) is 6.15. The number of aliphatic hydroxyl groups is 2. The van der Waals surface area contributed by atoms with E-state index in [1.807, 2.05) is 0 Å². The number of benzene rings is 1. The largest absolute Gasteiger partial charge is 0.399 e. The van der Waals surface area contributed by atoms with E-state index in [0.717, 1.165) is 5.56 Å². The molecule has 0 saturated heterocycles. The Balaban J connectivity index is 3.03. The van der Waals surface area contributed by atoms with E-state index in [1.165, 1.54) is 0 Å². The summed E-state index contributed by atoms with van der Waals surface area (Å²) in [4.78, 5) is 0. The van der Waals surface area contributed by atoms with Crippen molar-refractivity contribution in [3.63, 3.8) is 0 Å². The molecule has 1 aromatic rings. The van der Waals surface area contributed by atoms with Gasteiger partial charge in [0.2, 0.25) is 0 Å². The Morgan fingerprint density at radius 2 is 2.08 bits per heavy atom. The number of nitrogens with two attached hydrogens (primary N) is 2. The lowest BCUT2D eigenvalue weighted by Crippen LogP contribution is -2.12. The Bertz CT molecular complexity index is 287. The van der Waals surface area contributed by atoms with Crippen molar-refractivity contribution in [2.75, 3.05) is 12.3 Å². The van der Waals surface area contributed by atoms with Crippen LogP contribution in [0, 0.1) is 0 Å². The van der Waals surface area contributed by atoms with Crippen LogP contribution in [0.15, 0.2) is 18.2 Å². The van der Waals surface area contributed by atoms with Crippen LogP contribution in [0.25, 0.3) is 0 Å². The minimum absolute atomic E-state index is 0.0170. The van der Waals surface area contributed by atoms with Crippen LogP contribution in [0.4, 0.5) is 5.69 Å². The highest BCUT2D eigenvalue weighted by atomic mass is 16.3. The van der Waals surface area contributed by atoms with Gasteiger partial charge >= 0.3 is 0 Å². The van der Waals surface area contributed by atoms with Crippen molar-refractivity contribution in [3.8, 4) is 0 Å². The second kappa shape index (κ2) is 4.23. The van der Waals surface area contributed by atoms with Crippen LogP contribution in [0.2, 0.25) is 0 Å². The van der Waals surface area contributed by atoms with E-state index in [9.17, 15) is 5.11 Å². The van der Waals surface area contributed by atoms with Crippen LogP contribution in [0.5, 0.6) is 0 Å². The van der Waals surface area contributed by atoms with Gasteiger partial charge in [0, 0.05) is 12.3 Å². The monoisotopic (exact) mass is 182 g/mol. The molecule has 0 radical (unpaired) electrons. The number of aliphatic hydroxyl groups excluding tert-OH is 2. The van der Waals surface area contributed by atoms with Crippen LogP contribution in [0.3, 0.4) is 0 Å². The quantitative estimate of drug-likeness (QED) is 0.383. The molecule has 0 aliphatic rings. The summed E-state index contributed by atoms with van der Waals surface area (Å²) in [7, 11) is 0. The molecule has 4 nitrogen and oxygen atoms in total. The molecule has 0 saturated carbocycles. The lowest BCUT2D eigenvalue weighted by Gasteiger charge is -2.11. The van der Waals surface area contributed by atoms with Crippen molar-refractivity contribution < 1.29 is 10.2 Å². The number of hydrogen-bond donors (Lipinski definition) is 4. The average Bonchev–Trinajstić information content (AvgIpc) is 2.04. The maximum atomic E-state index is 9.18. The Hall–Kier alpha value is -1.10. The second-order valence-electron chi connectivity index (χ2n) is 2.88. The van der Waals surface area contributed by atoms with E-state index in [0.29, 0.717) is 17.7 Å². The van der Waals surface area contributed by atoms with E-state index in [4.69, 9.17) is 16.6 Å². The molecule has 0 aromatic heterocycles. The minimum atomic E-state index is -1.01. The zero-order valence-corrected chi connectivity index (χ0v) is 7.27. The van der Waals surface area contributed by atoms with Gasteiger partial charge in [-0.3, -0.25) is 0 Å². The Morgan fingerprint density at radius 1 is 1.38 bits per heavy atom. The summed E-state index contributed by atoms with van der Waals surface area (Å²) in [5, 5.41) is 17.9. The van der Waals surface area contributed by atoms with E-state index in [-0.39, 0.29) is 6.61 Å². The standard InChI is InChI=1S/C9H14N2O2/c10-7-1-2-8(9(11)13)6(5-7)3-4-12/h1-2,5,9,12-13H,3-4,10-11H2. The summed E-state index contributed by atoms with van der Waals surface area (Å²) in [6.45, 7) is 0.0170. The fourth-order valence-electron chi connectivity index (χ4n) is 1.25. The van der Waals surface area contributed by atoms with Crippen molar-refractivity contribution in [1.82, 2.24) is 0 Å². The lowest BCUT2D eigenvalue weighted by atomic mass is 10.0. The lowest BCUT2D eigenvalue weighted by molar-refractivity contribution is 0.184. The Labute approximate surface area is 76.8 Å². The minimum Gasteiger partial charge on any atom is -0.399 e. The fraction of sp³-hybridized carbons (Fsp3) is 0.333. The smallest absolute Gasteiger partial charge is 0.128 e. The molecule has 0 aliphatic heterocycles. The fourth-order valence-corrected chi connectivity index (χ4v) is 1.25. The summed E-state index contributed by atoms with van der Waals surface area (Å²) in [6, 6.07) is 5.05. The van der Waals surface area contributed by atoms with E-state index >= 15 is 0 Å². The molecular formula is C9H14N2O2. The van der Waals surface area contributed by atoms with Gasteiger partial charge in [-0.25, -0.2) is 0 Å². The van der Waals surface area contributed by atoms with Gasteiger partial charge in [0.25, 0.3) is 0 Å². The first-order valence-corrected chi connectivity index (χ1v) is 4.08. The maximum Gasteiger partial charge on any atom is 0.128 e. The van der Waals surface area contributed by atoms with Crippen LogP contribution in [0.1, 0.15) is 17.4 Å². The molecule has 1 aromatic carbocycles. The SMILES string of the molecule is Nc1ccc(C(N)O)c(CCO)c1. The second-order valence-corrected chi connectivity index (χ2v) is 2.88. The summed E-state index contributed by atoms with van der Waals surface area (Å²) >= 11 is 0. The predicted molar refractivity (Wildman–Crippen MR) is 50.8 cm³/mol. The molecule has 4 heteroatoms. The van der Waals surface area contributed by atoms with Gasteiger partial charge < -0.3 is 21.7 Å². The van der Waals surface area contributed by atoms with Crippen molar-refractivity contribution in [3.05, 3.63) is 29.3 Å². The first-order valence-electron chi connectivity index (χ1n) is 4.08. The molecule has 0 fully saturated rings.